The van der Waals surface area contributed by atoms with Gasteiger partial charge in [-0.05, 0) is 54.9 Å². The van der Waals surface area contributed by atoms with Crippen LogP contribution in [0.2, 0.25) is 10.0 Å². The van der Waals surface area contributed by atoms with Crippen LogP contribution < -0.4 is 0 Å². The quantitative estimate of drug-likeness (QED) is 0.400. The Morgan fingerprint density at radius 1 is 1.15 bits per heavy atom. The number of esters is 3. The molecule has 5 atom stereocenters. The van der Waals surface area contributed by atoms with Crippen LogP contribution in [0.4, 0.5) is 0 Å². The molecule has 0 saturated heterocycles. The standard InChI is InChI=1S/C25H32Cl2O6/c1-13(12-32-14(2)28)21-19(26)9-18-17(22(21)27)7-8-20-24(18,4)10-16(33-15(3)29)11-25(20,5)23(30)31-6/h9,13,16,20H,7-8,10-12H2,1-6H3. The van der Waals surface area contributed by atoms with Crippen LogP contribution in [-0.2, 0) is 40.4 Å². The Hall–Kier alpha value is -1.79. The zero-order chi connectivity index (χ0) is 24.7. The molecule has 182 valence electrons. The number of carbonyl (C=O) groups is 3. The van der Waals surface area contributed by atoms with Crippen LogP contribution in [0.15, 0.2) is 6.07 Å². The van der Waals surface area contributed by atoms with Crippen molar-refractivity contribution in [2.24, 2.45) is 11.3 Å². The van der Waals surface area contributed by atoms with Gasteiger partial charge in [0.05, 0.1) is 19.1 Å². The predicted molar refractivity (Wildman–Crippen MR) is 126 cm³/mol. The van der Waals surface area contributed by atoms with Gasteiger partial charge >= 0.3 is 17.9 Å². The summed E-state index contributed by atoms with van der Waals surface area (Å²) in [5.74, 6) is -1.25. The molecule has 0 radical (unpaired) electrons. The Balaban J connectivity index is 2.11. The second-order valence-electron chi connectivity index (χ2n) is 9.87. The number of methoxy groups -OCH3 is 1. The highest BCUT2D eigenvalue weighted by Crippen LogP contribution is 2.59. The molecular formula is C25H32Cl2O6. The van der Waals surface area contributed by atoms with Gasteiger partial charge in [0.2, 0.25) is 0 Å². The van der Waals surface area contributed by atoms with Crippen molar-refractivity contribution in [3.63, 3.8) is 0 Å². The summed E-state index contributed by atoms with van der Waals surface area (Å²) < 4.78 is 16.0. The number of ether oxygens (including phenoxy) is 3. The van der Waals surface area contributed by atoms with Gasteiger partial charge in [-0.1, -0.05) is 37.0 Å². The lowest BCUT2D eigenvalue weighted by Crippen LogP contribution is -2.57. The van der Waals surface area contributed by atoms with Crippen LogP contribution in [0, 0.1) is 11.3 Å². The van der Waals surface area contributed by atoms with E-state index in [1.807, 2.05) is 19.9 Å². The fraction of sp³-hybridized carbons (Fsp3) is 0.640. The molecule has 0 spiro atoms. The molecule has 2 aliphatic carbocycles. The van der Waals surface area contributed by atoms with Gasteiger partial charge in [-0.2, -0.15) is 0 Å². The molecule has 5 unspecified atom stereocenters. The average Bonchev–Trinajstić information content (AvgIpc) is 2.71. The van der Waals surface area contributed by atoms with Crippen molar-refractivity contribution in [2.75, 3.05) is 13.7 Å². The van der Waals surface area contributed by atoms with Gasteiger partial charge in [-0.25, -0.2) is 0 Å². The third-order valence-corrected chi connectivity index (χ3v) is 8.25. The molecule has 0 aliphatic heterocycles. The van der Waals surface area contributed by atoms with E-state index in [4.69, 9.17) is 37.4 Å². The summed E-state index contributed by atoms with van der Waals surface area (Å²) in [5, 5.41) is 1.07. The van der Waals surface area contributed by atoms with E-state index in [1.165, 1.54) is 21.0 Å². The minimum atomic E-state index is -0.820. The van der Waals surface area contributed by atoms with Crippen LogP contribution >= 0.6 is 23.2 Å². The van der Waals surface area contributed by atoms with Crippen LogP contribution in [0.3, 0.4) is 0 Å². The molecule has 0 N–H and O–H groups in total. The van der Waals surface area contributed by atoms with Gasteiger partial charge in [-0.15, -0.1) is 0 Å². The smallest absolute Gasteiger partial charge is 0.311 e. The number of rotatable bonds is 5. The van der Waals surface area contributed by atoms with Crippen molar-refractivity contribution in [3.05, 3.63) is 32.8 Å². The van der Waals surface area contributed by atoms with E-state index >= 15 is 0 Å². The van der Waals surface area contributed by atoms with Gasteiger partial charge in [0.25, 0.3) is 0 Å². The van der Waals surface area contributed by atoms with E-state index in [2.05, 4.69) is 6.92 Å². The second-order valence-corrected chi connectivity index (χ2v) is 10.7. The number of fused-ring (bicyclic) bond motifs is 3. The number of hydrogen-bond donors (Lipinski definition) is 0. The third kappa shape index (κ3) is 4.61. The van der Waals surface area contributed by atoms with Crippen molar-refractivity contribution in [3.8, 4) is 0 Å². The molecule has 8 heteroatoms. The Labute approximate surface area is 205 Å². The molecule has 0 amide bonds. The van der Waals surface area contributed by atoms with Gasteiger partial charge < -0.3 is 14.2 Å². The van der Waals surface area contributed by atoms with Gasteiger partial charge in [0.15, 0.2) is 0 Å². The fourth-order valence-electron chi connectivity index (χ4n) is 6.21. The zero-order valence-corrected chi connectivity index (χ0v) is 21.6. The number of hydrogen-bond acceptors (Lipinski definition) is 6. The maximum absolute atomic E-state index is 13.0. The molecule has 2 aliphatic rings. The van der Waals surface area contributed by atoms with Crippen molar-refractivity contribution in [1.29, 1.82) is 0 Å². The minimum absolute atomic E-state index is 0.0341. The molecule has 33 heavy (non-hydrogen) atoms. The van der Waals surface area contributed by atoms with E-state index in [0.717, 1.165) is 23.1 Å². The Bertz CT molecular complexity index is 976. The van der Waals surface area contributed by atoms with Crippen LogP contribution in [0.5, 0.6) is 0 Å². The monoisotopic (exact) mass is 498 g/mol. The molecular weight excluding hydrogens is 467 g/mol. The molecule has 6 nitrogen and oxygen atoms in total. The zero-order valence-electron chi connectivity index (χ0n) is 20.1. The fourth-order valence-corrected chi connectivity index (χ4v) is 7.14. The van der Waals surface area contributed by atoms with Crippen molar-refractivity contribution >= 4 is 41.1 Å². The Morgan fingerprint density at radius 2 is 1.82 bits per heavy atom. The van der Waals surface area contributed by atoms with E-state index in [1.54, 1.807) is 0 Å². The van der Waals surface area contributed by atoms with Crippen molar-refractivity contribution in [1.82, 2.24) is 0 Å². The summed E-state index contributed by atoms with van der Waals surface area (Å²) in [7, 11) is 1.39. The number of carbonyl (C=O) groups excluding carboxylic acids is 3. The molecule has 1 saturated carbocycles. The molecule has 0 bridgehead atoms. The first-order valence-corrected chi connectivity index (χ1v) is 12.0. The molecule has 0 heterocycles. The summed E-state index contributed by atoms with van der Waals surface area (Å²) in [5.41, 5.74) is 1.40. The lowest BCUT2D eigenvalue weighted by Gasteiger charge is -2.55. The van der Waals surface area contributed by atoms with Crippen molar-refractivity contribution < 1.29 is 28.6 Å². The molecule has 1 aromatic carbocycles. The summed E-state index contributed by atoms with van der Waals surface area (Å²) in [6.45, 7) is 8.85. The topological polar surface area (TPSA) is 78.9 Å². The highest BCUT2D eigenvalue weighted by atomic mass is 35.5. The first kappa shape index (κ1) is 25.8. The van der Waals surface area contributed by atoms with E-state index in [9.17, 15) is 14.4 Å². The van der Waals surface area contributed by atoms with E-state index in [0.29, 0.717) is 29.3 Å². The van der Waals surface area contributed by atoms with Crippen LogP contribution in [0.25, 0.3) is 0 Å². The molecule has 1 aromatic rings. The Kier molecular flexibility index (Phi) is 7.40. The van der Waals surface area contributed by atoms with E-state index in [-0.39, 0.29) is 36.4 Å². The largest absolute Gasteiger partial charge is 0.469 e. The first-order valence-electron chi connectivity index (χ1n) is 11.2. The lowest BCUT2D eigenvalue weighted by molar-refractivity contribution is -0.173. The van der Waals surface area contributed by atoms with Gasteiger partial charge in [0.1, 0.15) is 6.10 Å². The number of halogens is 2. The van der Waals surface area contributed by atoms with Gasteiger partial charge in [-0.3, -0.25) is 14.4 Å². The predicted octanol–water partition coefficient (Wildman–Crippen LogP) is 5.38. The lowest BCUT2D eigenvalue weighted by atomic mass is 9.49. The normalized spacial score (nSPS) is 29.3. The van der Waals surface area contributed by atoms with Crippen LogP contribution in [-0.4, -0.2) is 37.7 Å². The Morgan fingerprint density at radius 3 is 2.39 bits per heavy atom. The highest BCUT2D eigenvalue weighted by Gasteiger charge is 2.59. The number of benzene rings is 1. The average molecular weight is 499 g/mol. The van der Waals surface area contributed by atoms with E-state index < -0.39 is 16.9 Å². The summed E-state index contributed by atoms with van der Waals surface area (Å²) >= 11 is 13.7. The van der Waals surface area contributed by atoms with Gasteiger partial charge in [0, 0.05) is 41.6 Å². The third-order valence-electron chi connectivity index (χ3n) is 7.51. The molecule has 1 fully saturated rings. The summed E-state index contributed by atoms with van der Waals surface area (Å²) in [6.07, 6.45) is 1.96. The molecule has 0 aromatic heterocycles. The van der Waals surface area contributed by atoms with Crippen LogP contribution in [0.1, 0.15) is 76.5 Å². The molecule has 3 rings (SSSR count). The van der Waals surface area contributed by atoms with Crippen molar-refractivity contribution in [2.45, 2.75) is 77.7 Å². The summed E-state index contributed by atoms with van der Waals surface area (Å²) in [6, 6.07) is 1.93. The SMILES string of the molecule is COC(=O)C1(C)CC(OC(C)=O)CC2(C)c3cc(Cl)c(C(C)COC(C)=O)c(Cl)c3CCC12. The maximum atomic E-state index is 13.0. The highest BCUT2D eigenvalue weighted by molar-refractivity contribution is 6.36. The first-order chi connectivity index (χ1) is 15.3. The second kappa shape index (κ2) is 9.46. The maximum Gasteiger partial charge on any atom is 0.311 e. The minimum Gasteiger partial charge on any atom is -0.469 e. The summed E-state index contributed by atoms with van der Waals surface area (Å²) in [4.78, 5) is 36.0.